The molecule has 0 bridgehead atoms. The molecule has 2 heterocycles. The maximum Gasteiger partial charge on any atom is 0.231 e. The molecule has 3 N–H and O–H groups in total. The van der Waals surface area contributed by atoms with E-state index in [1.165, 1.54) is 0 Å². The number of para-hydroxylation sites is 2. The summed E-state index contributed by atoms with van der Waals surface area (Å²) in [5.41, 5.74) is 13.1. The van der Waals surface area contributed by atoms with Gasteiger partial charge in [0.25, 0.3) is 0 Å². The van der Waals surface area contributed by atoms with Crippen molar-refractivity contribution >= 4 is 29.1 Å². The molecule has 176 valence electrons. The molecule has 0 radical (unpaired) electrons. The molecule has 1 aliphatic heterocycles. The molecular formula is C26H27ClN4O3. The number of nitrogens with zero attached hydrogens (tertiary/aromatic N) is 2. The summed E-state index contributed by atoms with van der Waals surface area (Å²) < 4.78 is 17.2. The number of hydrogen-bond acceptors (Lipinski definition) is 7. The van der Waals surface area contributed by atoms with Crippen LogP contribution in [0.5, 0.6) is 17.2 Å². The lowest BCUT2D eigenvalue weighted by Gasteiger charge is -2.18. The van der Waals surface area contributed by atoms with Crippen LogP contribution in [0.4, 0.5) is 5.69 Å². The van der Waals surface area contributed by atoms with E-state index in [1.807, 2.05) is 55.6 Å². The quantitative estimate of drug-likeness (QED) is 0.380. The molecule has 0 aliphatic carbocycles. The second-order valence-electron chi connectivity index (χ2n) is 7.94. The van der Waals surface area contributed by atoms with E-state index in [0.29, 0.717) is 29.4 Å². The van der Waals surface area contributed by atoms with Crippen LogP contribution in [0.15, 0.2) is 54.6 Å². The van der Waals surface area contributed by atoms with Gasteiger partial charge in [0, 0.05) is 23.2 Å². The number of anilines is 1. The third kappa shape index (κ3) is 4.44. The lowest BCUT2D eigenvalue weighted by Crippen LogP contribution is -2.13. The average Bonchev–Trinajstić information content (AvgIpc) is 3.31. The van der Waals surface area contributed by atoms with Crippen molar-refractivity contribution < 1.29 is 14.2 Å². The lowest BCUT2D eigenvalue weighted by atomic mass is 9.95. The Morgan fingerprint density at radius 3 is 2.47 bits per heavy atom. The maximum atomic E-state index is 5.93. The molecule has 0 spiro atoms. The Bertz CT molecular complexity index is 1310. The van der Waals surface area contributed by atoms with Crippen LogP contribution in [0, 0.1) is 0 Å². The van der Waals surface area contributed by atoms with E-state index >= 15 is 0 Å². The second kappa shape index (κ2) is 10.2. The van der Waals surface area contributed by atoms with E-state index in [4.69, 9.17) is 29.9 Å². The van der Waals surface area contributed by atoms with E-state index < -0.39 is 0 Å². The number of ether oxygens (including phenoxy) is 3. The van der Waals surface area contributed by atoms with E-state index in [9.17, 15) is 0 Å². The molecule has 5 rings (SSSR count). The van der Waals surface area contributed by atoms with Crippen LogP contribution in [0.2, 0.25) is 0 Å². The van der Waals surface area contributed by atoms with Gasteiger partial charge in [-0.2, -0.15) is 0 Å². The van der Waals surface area contributed by atoms with Gasteiger partial charge < -0.3 is 25.3 Å². The van der Waals surface area contributed by atoms with Gasteiger partial charge in [0.2, 0.25) is 12.5 Å². The van der Waals surface area contributed by atoms with Crippen molar-refractivity contribution in [2.24, 2.45) is 0 Å². The van der Waals surface area contributed by atoms with Crippen LogP contribution >= 0.6 is 12.4 Å². The summed E-state index contributed by atoms with van der Waals surface area (Å²) in [6.07, 6.45) is 1.35. The van der Waals surface area contributed by atoms with Crippen molar-refractivity contribution in [3.63, 3.8) is 0 Å². The van der Waals surface area contributed by atoms with Crippen LogP contribution in [0.25, 0.3) is 22.3 Å². The van der Waals surface area contributed by atoms with E-state index in [1.54, 1.807) is 7.11 Å². The van der Waals surface area contributed by atoms with E-state index in [2.05, 4.69) is 11.4 Å². The van der Waals surface area contributed by atoms with Crippen LogP contribution in [-0.4, -0.2) is 37.5 Å². The fourth-order valence-corrected chi connectivity index (χ4v) is 4.19. The van der Waals surface area contributed by atoms with Crippen LogP contribution < -0.4 is 25.3 Å². The third-order valence-corrected chi connectivity index (χ3v) is 5.83. The van der Waals surface area contributed by atoms with Crippen LogP contribution in [-0.2, 0) is 12.8 Å². The number of halogens is 1. The molecule has 1 aromatic heterocycles. The lowest BCUT2D eigenvalue weighted by molar-refractivity contribution is 0.171. The maximum absolute atomic E-state index is 5.93. The summed E-state index contributed by atoms with van der Waals surface area (Å²) in [4.78, 5) is 10.0. The van der Waals surface area contributed by atoms with Gasteiger partial charge in [-0.05, 0) is 55.9 Å². The van der Waals surface area contributed by atoms with Gasteiger partial charge in [-0.25, -0.2) is 9.97 Å². The normalized spacial score (nSPS) is 11.9. The Balaban J connectivity index is 0.00000274. The van der Waals surface area contributed by atoms with Gasteiger partial charge in [0.1, 0.15) is 0 Å². The zero-order valence-electron chi connectivity index (χ0n) is 19.1. The first kappa shape index (κ1) is 23.6. The number of aromatic nitrogens is 2. The number of nitrogens with two attached hydrogens (primary N) is 1. The number of likely N-dealkylation sites (N-methyl/N-ethyl adjacent to an activating group) is 1. The minimum absolute atomic E-state index is 0. The summed E-state index contributed by atoms with van der Waals surface area (Å²) in [6.45, 7) is 1.01. The van der Waals surface area contributed by atoms with Crippen molar-refractivity contribution in [3.8, 4) is 28.5 Å². The predicted molar refractivity (Wildman–Crippen MR) is 136 cm³/mol. The first-order valence-electron chi connectivity index (χ1n) is 10.9. The van der Waals surface area contributed by atoms with Gasteiger partial charge in [-0.3, -0.25) is 0 Å². The first-order chi connectivity index (χ1) is 16.2. The summed E-state index contributed by atoms with van der Waals surface area (Å²) >= 11 is 0. The number of rotatable bonds is 7. The zero-order valence-corrected chi connectivity index (χ0v) is 19.9. The number of nitrogens with one attached hydrogen (secondary N) is 1. The fourth-order valence-electron chi connectivity index (χ4n) is 4.19. The largest absolute Gasteiger partial charge is 0.492 e. The highest BCUT2D eigenvalue weighted by Crippen LogP contribution is 2.46. The number of hydrogen-bond donors (Lipinski definition) is 2. The average molecular weight is 479 g/mol. The minimum atomic E-state index is 0. The molecule has 4 aromatic rings. The highest BCUT2D eigenvalue weighted by Gasteiger charge is 2.26. The van der Waals surface area contributed by atoms with Gasteiger partial charge in [-0.1, -0.05) is 24.3 Å². The van der Waals surface area contributed by atoms with Gasteiger partial charge >= 0.3 is 0 Å². The molecular weight excluding hydrogens is 452 g/mol. The molecule has 0 atom stereocenters. The molecule has 34 heavy (non-hydrogen) atoms. The second-order valence-corrected chi connectivity index (χ2v) is 7.94. The number of nitrogen functional groups attached to an aromatic ring is 1. The summed E-state index contributed by atoms with van der Waals surface area (Å²) in [5.74, 6) is 2.04. The van der Waals surface area contributed by atoms with Gasteiger partial charge in [-0.15, -0.1) is 12.4 Å². The van der Waals surface area contributed by atoms with Gasteiger partial charge in [0.15, 0.2) is 11.5 Å². The minimum Gasteiger partial charge on any atom is -0.492 e. The predicted octanol–water partition coefficient (Wildman–Crippen LogP) is 4.39. The highest BCUT2D eigenvalue weighted by molar-refractivity contribution is 5.85. The molecule has 7 nitrogen and oxygen atoms in total. The Hall–Kier alpha value is -3.55. The number of benzene rings is 3. The molecule has 0 amide bonds. The highest BCUT2D eigenvalue weighted by atomic mass is 35.5. The molecule has 8 heteroatoms. The van der Waals surface area contributed by atoms with E-state index in [0.717, 1.165) is 52.1 Å². The van der Waals surface area contributed by atoms with Crippen molar-refractivity contribution in [1.29, 1.82) is 0 Å². The number of methoxy groups -OCH3 is 1. The Morgan fingerprint density at radius 2 is 1.76 bits per heavy atom. The topological polar surface area (TPSA) is 91.5 Å². The smallest absolute Gasteiger partial charge is 0.231 e. The standard InChI is InChI=1S/C26H26N4O3.ClH/c1-28-12-11-17-13-23-26(33-15-32-23)25(31-2)19(17)14-22-24(16-7-9-18(27)10-8-16)30-21-6-4-3-5-20(21)29-22;/h3-10,13,28H,11-12,14-15,27H2,1-2H3;1H. The SMILES string of the molecule is CNCCc1cc2c(c(OC)c1Cc1nc3ccccc3nc1-c1ccc(N)cc1)OCO2.Cl. The molecule has 0 unspecified atom stereocenters. The van der Waals surface area contributed by atoms with Crippen LogP contribution in [0.1, 0.15) is 16.8 Å². The number of fused-ring (bicyclic) bond motifs is 2. The molecule has 1 aliphatic rings. The van der Waals surface area contributed by atoms with Gasteiger partial charge in [0.05, 0.1) is 29.5 Å². The Morgan fingerprint density at radius 1 is 1.03 bits per heavy atom. The fraction of sp³-hybridized carbons (Fsp3) is 0.231. The van der Waals surface area contributed by atoms with Crippen molar-refractivity contribution in [2.45, 2.75) is 12.8 Å². The molecule has 3 aromatic carbocycles. The monoisotopic (exact) mass is 478 g/mol. The summed E-state index contributed by atoms with van der Waals surface area (Å²) in [7, 11) is 3.60. The van der Waals surface area contributed by atoms with Crippen LogP contribution in [0.3, 0.4) is 0 Å². The van der Waals surface area contributed by atoms with Crippen molar-refractivity contribution in [1.82, 2.24) is 15.3 Å². The zero-order chi connectivity index (χ0) is 22.8. The molecule has 0 fully saturated rings. The van der Waals surface area contributed by atoms with Crippen molar-refractivity contribution in [2.75, 3.05) is 33.2 Å². The molecule has 0 saturated carbocycles. The Kier molecular flexibility index (Phi) is 7.05. The third-order valence-electron chi connectivity index (χ3n) is 5.83. The van der Waals surface area contributed by atoms with Crippen molar-refractivity contribution in [3.05, 3.63) is 71.4 Å². The first-order valence-corrected chi connectivity index (χ1v) is 10.9. The van der Waals surface area contributed by atoms with E-state index in [-0.39, 0.29) is 19.2 Å². The Labute approximate surface area is 204 Å². The molecule has 0 saturated heterocycles. The summed E-state index contributed by atoms with van der Waals surface area (Å²) in [5, 5.41) is 3.23. The summed E-state index contributed by atoms with van der Waals surface area (Å²) in [6, 6.07) is 17.7.